The Morgan fingerprint density at radius 3 is 2.82 bits per heavy atom. The maximum atomic E-state index is 12.9. The van der Waals surface area contributed by atoms with E-state index in [2.05, 4.69) is 10.3 Å². The fourth-order valence-corrected chi connectivity index (χ4v) is 2.24. The highest BCUT2D eigenvalue weighted by Gasteiger charge is 2.22. The van der Waals surface area contributed by atoms with E-state index < -0.39 is 6.17 Å². The molecule has 0 aromatic carbocycles. The number of nitrogens with zero attached hydrogens (tertiary/aromatic N) is 1. The minimum absolute atomic E-state index is 0.000285. The molecule has 3 nitrogen and oxygen atoms in total. The van der Waals surface area contributed by atoms with Gasteiger partial charge in [0.1, 0.15) is 6.17 Å². The van der Waals surface area contributed by atoms with Crippen molar-refractivity contribution in [3.8, 4) is 0 Å². The average Bonchev–Trinajstić information content (AvgIpc) is 2.33. The second kappa shape index (κ2) is 5.75. The van der Waals surface area contributed by atoms with Crippen LogP contribution in [0.4, 0.5) is 10.1 Å². The number of amides is 1. The van der Waals surface area contributed by atoms with E-state index in [1.54, 1.807) is 18.5 Å². The predicted molar refractivity (Wildman–Crippen MR) is 64.3 cm³/mol. The molecule has 17 heavy (non-hydrogen) atoms. The summed E-state index contributed by atoms with van der Waals surface area (Å²) in [7, 11) is 0. The highest BCUT2D eigenvalue weighted by Crippen LogP contribution is 2.28. The van der Waals surface area contributed by atoms with Crippen molar-refractivity contribution in [1.82, 2.24) is 4.98 Å². The smallest absolute Gasteiger partial charge is 0.224 e. The van der Waals surface area contributed by atoms with Crippen LogP contribution in [-0.4, -0.2) is 17.1 Å². The number of hydrogen-bond acceptors (Lipinski definition) is 2. The number of halogens is 1. The summed E-state index contributed by atoms with van der Waals surface area (Å²) in [5.41, 5.74) is 0.719. The standard InChI is InChI=1S/C13H17FN2O/c14-11-5-3-10(4-6-11)8-13(17)16-12-2-1-7-15-9-12/h1-2,7,9-11H,3-6,8H2,(H,16,17). The largest absolute Gasteiger partial charge is 0.325 e. The van der Waals surface area contributed by atoms with E-state index in [1.165, 1.54) is 0 Å². The van der Waals surface area contributed by atoms with Crippen LogP contribution in [-0.2, 0) is 4.79 Å². The van der Waals surface area contributed by atoms with E-state index in [0.29, 0.717) is 25.2 Å². The summed E-state index contributed by atoms with van der Waals surface area (Å²) in [6.45, 7) is 0. The molecule has 4 heteroatoms. The third kappa shape index (κ3) is 3.80. The van der Waals surface area contributed by atoms with Gasteiger partial charge in [0.05, 0.1) is 11.9 Å². The summed E-state index contributed by atoms with van der Waals surface area (Å²) < 4.78 is 12.9. The summed E-state index contributed by atoms with van der Waals surface area (Å²) in [5, 5.41) is 2.81. The number of alkyl halides is 1. The fraction of sp³-hybridized carbons (Fsp3) is 0.538. The summed E-state index contributed by atoms with van der Waals surface area (Å²) in [6, 6.07) is 3.59. The number of pyridine rings is 1. The molecule has 1 N–H and O–H groups in total. The minimum Gasteiger partial charge on any atom is -0.325 e. The van der Waals surface area contributed by atoms with E-state index >= 15 is 0 Å². The van der Waals surface area contributed by atoms with Crippen LogP contribution in [0, 0.1) is 5.92 Å². The molecule has 1 saturated carbocycles. The highest BCUT2D eigenvalue weighted by atomic mass is 19.1. The molecule has 1 amide bonds. The molecular formula is C13H17FN2O. The zero-order chi connectivity index (χ0) is 12.1. The third-order valence-corrected chi connectivity index (χ3v) is 3.20. The van der Waals surface area contributed by atoms with Gasteiger partial charge in [0.25, 0.3) is 0 Å². The number of hydrogen-bond donors (Lipinski definition) is 1. The molecule has 0 bridgehead atoms. The Labute approximate surface area is 100 Å². The van der Waals surface area contributed by atoms with Crippen LogP contribution < -0.4 is 5.32 Å². The van der Waals surface area contributed by atoms with Crippen molar-refractivity contribution in [2.24, 2.45) is 5.92 Å². The molecule has 0 spiro atoms. The Morgan fingerprint density at radius 1 is 1.41 bits per heavy atom. The maximum Gasteiger partial charge on any atom is 0.224 e. The summed E-state index contributed by atoms with van der Waals surface area (Å²) in [4.78, 5) is 15.7. The lowest BCUT2D eigenvalue weighted by Gasteiger charge is -2.23. The van der Waals surface area contributed by atoms with Crippen molar-refractivity contribution in [2.45, 2.75) is 38.3 Å². The van der Waals surface area contributed by atoms with Gasteiger partial charge < -0.3 is 5.32 Å². The average molecular weight is 236 g/mol. The van der Waals surface area contributed by atoms with Crippen LogP contribution in [0.3, 0.4) is 0 Å². The predicted octanol–water partition coefficient (Wildman–Crippen LogP) is 2.94. The van der Waals surface area contributed by atoms with Gasteiger partial charge in [-0.2, -0.15) is 0 Å². The van der Waals surface area contributed by atoms with Gasteiger partial charge in [-0.05, 0) is 43.7 Å². The molecule has 0 unspecified atom stereocenters. The Bertz CT molecular complexity index is 361. The van der Waals surface area contributed by atoms with Crippen molar-refractivity contribution in [3.63, 3.8) is 0 Å². The monoisotopic (exact) mass is 236 g/mol. The van der Waals surface area contributed by atoms with E-state index in [9.17, 15) is 9.18 Å². The normalized spacial score (nSPS) is 24.3. The van der Waals surface area contributed by atoms with Crippen molar-refractivity contribution in [3.05, 3.63) is 24.5 Å². The maximum absolute atomic E-state index is 12.9. The topological polar surface area (TPSA) is 42.0 Å². The number of rotatable bonds is 3. The van der Waals surface area contributed by atoms with Gasteiger partial charge in [0.2, 0.25) is 5.91 Å². The van der Waals surface area contributed by atoms with Gasteiger partial charge in [-0.25, -0.2) is 4.39 Å². The van der Waals surface area contributed by atoms with Gasteiger partial charge in [-0.3, -0.25) is 9.78 Å². The SMILES string of the molecule is O=C(CC1CCC(F)CC1)Nc1cccnc1. The number of aromatic nitrogens is 1. The molecular weight excluding hydrogens is 219 g/mol. The highest BCUT2D eigenvalue weighted by molar-refractivity contribution is 5.90. The van der Waals surface area contributed by atoms with E-state index in [-0.39, 0.29) is 5.91 Å². The first-order valence-corrected chi connectivity index (χ1v) is 6.08. The van der Waals surface area contributed by atoms with Gasteiger partial charge in [-0.1, -0.05) is 0 Å². The first kappa shape index (κ1) is 12.0. The summed E-state index contributed by atoms with van der Waals surface area (Å²) in [5.74, 6) is 0.332. The van der Waals surface area contributed by atoms with Gasteiger partial charge in [0.15, 0.2) is 0 Å². The first-order chi connectivity index (χ1) is 8.24. The Kier molecular flexibility index (Phi) is 4.07. The molecule has 0 atom stereocenters. The molecule has 1 aliphatic carbocycles. The minimum atomic E-state index is -0.660. The molecule has 0 saturated heterocycles. The molecule has 1 aromatic rings. The second-order valence-electron chi connectivity index (χ2n) is 4.61. The Hall–Kier alpha value is -1.45. The number of anilines is 1. The summed E-state index contributed by atoms with van der Waals surface area (Å²) >= 11 is 0. The molecule has 1 heterocycles. The van der Waals surface area contributed by atoms with Crippen LogP contribution in [0.25, 0.3) is 0 Å². The van der Waals surface area contributed by atoms with Gasteiger partial charge in [0, 0.05) is 12.6 Å². The Balaban J connectivity index is 1.78. The molecule has 1 aliphatic rings. The summed E-state index contributed by atoms with van der Waals surface area (Å²) in [6.07, 6.45) is 5.96. The number of carbonyl (C=O) groups excluding carboxylic acids is 1. The quantitative estimate of drug-likeness (QED) is 0.876. The van der Waals surface area contributed by atoms with Crippen molar-refractivity contribution >= 4 is 11.6 Å². The second-order valence-corrected chi connectivity index (χ2v) is 4.61. The van der Waals surface area contributed by atoms with Crippen LogP contribution in [0.1, 0.15) is 32.1 Å². The lowest BCUT2D eigenvalue weighted by molar-refractivity contribution is -0.117. The van der Waals surface area contributed by atoms with E-state index in [1.807, 2.05) is 6.07 Å². The van der Waals surface area contributed by atoms with Crippen LogP contribution >= 0.6 is 0 Å². The van der Waals surface area contributed by atoms with E-state index in [4.69, 9.17) is 0 Å². The zero-order valence-corrected chi connectivity index (χ0v) is 9.73. The third-order valence-electron chi connectivity index (χ3n) is 3.20. The van der Waals surface area contributed by atoms with Gasteiger partial charge in [-0.15, -0.1) is 0 Å². The molecule has 0 radical (unpaired) electrons. The zero-order valence-electron chi connectivity index (χ0n) is 9.73. The van der Waals surface area contributed by atoms with Crippen LogP contribution in [0.2, 0.25) is 0 Å². The fourth-order valence-electron chi connectivity index (χ4n) is 2.24. The van der Waals surface area contributed by atoms with Crippen molar-refractivity contribution in [2.75, 3.05) is 5.32 Å². The lowest BCUT2D eigenvalue weighted by atomic mass is 9.86. The Morgan fingerprint density at radius 2 is 2.18 bits per heavy atom. The number of nitrogens with one attached hydrogen (secondary N) is 1. The number of carbonyl (C=O) groups is 1. The molecule has 2 rings (SSSR count). The first-order valence-electron chi connectivity index (χ1n) is 6.08. The molecule has 1 aromatic heterocycles. The van der Waals surface area contributed by atoms with Crippen molar-refractivity contribution < 1.29 is 9.18 Å². The molecule has 1 fully saturated rings. The van der Waals surface area contributed by atoms with Crippen molar-refractivity contribution in [1.29, 1.82) is 0 Å². The molecule has 92 valence electrons. The molecule has 0 aliphatic heterocycles. The van der Waals surface area contributed by atoms with E-state index in [0.717, 1.165) is 18.5 Å². The lowest BCUT2D eigenvalue weighted by Crippen LogP contribution is -2.21. The van der Waals surface area contributed by atoms with Crippen LogP contribution in [0.5, 0.6) is 0 Å². The van der Waals surface area contributed by atoms with Crippen LogP contribution in [0.15, 0.2) is 24.5 Å². The van der Waals surface area contributed by atoms with Gasteiger partial charge >= 0.3 is 0 Å².